The van der Waals surface area contributed by atoms with Crippen LogP contribution in [-0.2, 0) is 4.74 Å². The molecule has 1 aromatic carbocycles. The van der Waals surface area contributed by atoms with Gasteiger partial charge in [-0.05, 0) is 25.5 Å². The minimum atomic E-state index is -0.484. The van der Waals surface area contributed by atoms with E-state index in [9.17, 15) is 9.90 Å². The Kier molecular flexibility index (Phi) is 4.64. The minimum absolute atomic E-state index is 0.159. The van der Waals surface area contributed by atoms with Crippen LogP contribution in [-0.4, -0.2) is 17.8 Å². The number of phenols is 1. The van der Waals surface area contributed by atoms with E-state index in [2.05, 4.69) is 5.32 Å². The Labute approximate surface area is 95.2 Å². The summed E-state index contributed by atoms with van der Waals surface area (Å²) in [5, 5.41) is 12.0. The fourth-order valence-corrected chi connectivity index (χ4v) is 1.21. The van der Waals surface area contributed by atoms with Gasteiger partial charge in [0, 0.05) is 5.56 Å². The molecule has 4 heteroatoms. The van der Waals surface area contributed by atoms with Crippen LogP contribution in [0.25, 0.3) is 0 Å². The molecule has 4 nitrogen and oxygen atoms in total. The number of hydrogen-bond acceptors (Lipinski definition) is 3. The van der Waals surface area contributed by atoms with Gasteiger partial charge >= 0.3 is 6.09 Å². The number of ether oxygens (including phenoxy) is 1. The van der Waals surface area contributed by atoms with Crippen LogP contribution in [0.2, 0.25) is 0 Å². The summed E-state index contributed by atoms with van der Waals surface area (Å²) in [6.07, 6.45) is 1.35. The quantitative estimate of drug-likeness (QED) is 0.771. The second kappa shape index (κ2) is 6.00. The Morgan fingerprint density at radius 2 is 2.25 bits per heavy atom. The normalized spacial score (nSPS) is 9.88. The zero-order chi connectivity index (χ0) is 12.0. The van der Waals surface area contributed by atoms with Crippen molar-refractivity contribution in [3.63, 3.8) is 0 Å². The number of carbonyl (C=O) groups is 1. The van der Waals surface area contributed by atoms with Crippen LogP contribution in [0.5, 0.6) is 5.75 Å². The van der Waals surface area contributed by atoms with Gasteiger partial charge in [0.1, 0.15) is 5.75 Å². The summed E-state index contributed by atoms with van der Waals surface area (Å²) < 4.78 is 4.95. The monoisotopic (exact) mass is 223 g/mol. The molecular formula is C12H17NO3. The van der Waals surface area contributed by atoms with Crippen molar-refractivity contribution in [3.05, 3.63) is 23.8 Å². The third-order valence-electron chi connectivity index (χ3n) is 2.27. The number of phenolic OH excluding ortho intramolecular Hbond substituents is 1. The summed E-state index contributed by atoms with van der Waals surface area (Å²) in [5.74, 6) is 0.159. The first-order valence-electron chi connectivity index (χ1n) is 5.37. The van der Waals surface area contributed by atoms with Crippen molar-refractivity contribution >= 4 is 11.8 Å². The lowest BCUT2D eigenvalue weighted by Crippen LogP contribution is -2.14. The molecule has 1 aromatic rings. The van der Waals surface area contributed by atoms with Gasteiger partial charge in [-0.15, -0.1) is 0 Å². The van der Waals surface area contributed by atoms with Crippen LogP contribution >= 0.6 is 0 Å². The lowest BCUT2D eigenvalue weighted by Gasteiger charge is -2.09. The van der Waals surface area contributed by atoms with Crippen molar-refractivity contribution in [2.75, 3.05) is 11.9 Å². The van der Waals surface area contributed by atoms with Gasteiger partial charge in [-0.25, -0.2) is 4.79 Å². The van der Waals surface area contributed by atoms with E-state index < -0.39 is 6.09 Å². The maximum Gasteiger partial charge on any atom is 0.411 e. The highest BCUT2D eigenvalue weighted by Crippen LogP contribution is 2.23. The molecule has 0 aromatic heterocycles. The van der Waals surface area contributed by atoms with Crippen molar-refractivity contribution in [2.24, 2.45) is 0 Å². The molecule has 16 heavy (non-hydrogen) atoms. The van der Waals surface area contributed by atoms with Crippen molar-refractivity contribution < 1.29 is 14.6 Å². The molecule has 0 aliphatic heterocycles. The third kappa shape index (κ3) is 3.46. The lowest BCUT2D eigenvalue weighted by molar-refractivity contribution is 0.160. The van der Waals surface area contributed by atoms with E-state index in [0.717, 1.165) is 12.8 Å². The lowest BCUT2D eigenvalue weighted by atomic mass is 10.2. The highest BCUT2D eigenvalue weighted by molar-refractivity contribution is 5.86. The molecule has 2 N–H and O–H groups in total. The maximum atomic E-state index is 11.3. The van der Waals surface area contributed by atoms with E-state index >= 15 is 0 Å². The van der Waals surface area contributed by atoms with Gasteiger partial charge in [-0.1, -0.05) is 19.4 Å². The average Bonchev–Trinajstić information content (AvgIpc) is 2.25. The van der Waals surface area contributed by atoms with E-state index in [-0.39, 0.29) is 5.75 Å². The number of unbranched alkanes of at least 4 members (excludes halogenated alkanes) is 1. The van der Waals surface area contributed by atoms with Crippen LogP contribution in [0.15, 0.2) is 18.2 Å². The van der Waals surface area contributed by atoms with Gasteiger partial charge in [-0.2, -0.15) is 0 Å². The van der Waals surface area contributed by atoms with E-state index in [1.807, 2.05) is 6.92 Å². The average molecular weight is 223 g/mol. The molecule has 0 saturated heterocycles. The molecule has 0 spiro atoms. The van der Waals surface area contributed by atoms with Gasteiger partial charge in [-0.3, -0.25) is 5.32 Å². The Morgan fingerprint density at radius 1 is 1.50 bits per heavy atom. The second-order valence-corrected chi connectivity index (χ2v) is 3.56. The standard InChI is InChI=1S/C12H17NO3/c1-3-4-8-16-12(15)13-10-6-5-7-11(14)9(10)2/h5-7,14H,3-4,8H2,1-2H3,(H,13,15). The third-order valence-corrected chi connectivity index (χ3v) is 2.27. The summed E-state index contributed by atoms with van der Waals surface area (Å²) in [6.45, 7) is 4.18. The van der Waals surface area contributed by atoms with Crippen LogP contribution in [0.3, 0.4) is 0 Å². The van der Waals surface area contributed by atoms with Crippen molar-refractivity contribution in [3.8, 4) is 5.75 Å². The number of anilines is 1. The van der Waals surface area contributed by atoms with Crippen LogP contribution in [0.1, 0.15) is 25.3 Å². The topological polar surface area (TPSA) is 58.6 Å². The number of aromatic hydroxyl groups is 1. The van der Waals surface area contributed by atoms with Crippen molar-refractivity contribution in [1.29, 1.82) is 0 Å². The molecule has 0 bridgehead atoms. The number of nitrogens with one attached hydrogen (secondary N) is 1. The molecule has 88 valence electrons. The molecule has 1 amide bonds. The predicted octanol–water partition coefficient (Wildman–Crippen LogP) is 3.05. The SMILES string of the molecule is CCCCOC(=O)Nc1cccc(O)c1C. The zero-order valence-corrected chi connectivity index (χ0v) is 9.62. The highest BCUT2D eigenvalue weighted by Gasteiger charge is 2.07. The fourth-order valence-electron chi connectivity index (χ4n) is 1.21. The highest BCUT2D eigenvalue weighted by atomic mass is 16.5. The van der Waals surface area contributed by atoms with Crippen molar-refractivity contribution in [2.45, 2.75) is 26.7 Å². The Hall–Kier alpha value is -1.71. The minimum Gasteiger partial charge on any atom is -0.508 e. The number of rotatable bonds is 4. The number of benzene rings is 1. The Balaban J connectivity index is 2.53. The molecule has 0 atom stereocenters. The molecular weight excluding hydrogens is 206 g/mol. The molecule has 0 aliphatic rings. The first kappa shape index (κ1) is 12.4. The molecule has 0 heterocycles. The molecule has 0 fully saturated rings. The van der Waals surface area contributed by atoms with Crippen molar-refractivity contribution in [1.82, 2.24) is 0 Å². The van der Waals surface area contributed by atoms with Crippen LogP contribution in [0, 0.1) is 6.92 Å². The van der Waals surface area contributed by atoms with Gasteiger partial charge in [0.2, 0.25) is 0 Å². The van der Waals surface area contributed by atoms with E-state index in [4.69, 9.17) is 4.74 Å². The molecule has 0 radical (unpaired) electrons. The molecule has 0 unspecified atom stereocenters. The fraction of sp³-hybridized carbons (Fsp3) is 0.417. The Morgan fingerprint density at radius 3 is 2.94 bits per heavy atom. The second-order valence-electron chi connectivity index (χ2n) is 3.56. The molecule has 0 saturated carbocycles. The Bertz CT molecular complexity index is 363. The summed E-state index contributed by atoms with van der Waals surface area (Å²) in [7, 11) is 0. The summed E-state index contributed by atoms with van der Waals surface area (Å²) in [4.78, 5) is 11.3. The first-order valence-corrected chi connectivity index (χ1v) is 5.37. The largest absolute Gasteiger partial charge is 0.508 e. The smallest absolute Gasteiger partial charge is 0.411 e. The maximum absolute atomic E-state index is 11.3. The molecule has 0 aliphatic carbocycles. The van der Waals surface area contributed by atoms with E-state index in [0.29, 0.717) is 17.9 Å². The van der Waals surface area contributed by atoms with Gasteiger partial charge in [0.25, 0.3) is 0 Å². The number of hydrogen-bond donors (Lipinski definition) is 2. The zero-order valence-electron chi connectivity index (χ0n) is 9.62. The van der Waals surface area contributed by atoms with E-state index in [1.165, 1.54) is 0 Å². The van der Waals surface area contributed by atoms with Crippen LogP contribution < -0.4 is 5.32 Å². The van der Waals surface area contributed by atoms with Gasteiger partial charge < -0.3 is 9.84 Å². The predicted molar refractivity (Wildman–Crippen MR) is 62.7 cm³/mol. The van der Waals surface area contributed by atoms with Gasteiger partial charge in [0.05, 0.1) is 12.3 Å². The van der Waals surface area contributed by atoms with Gasteiger partial charge in [0.15, 0.2) is 0 Å². The first-order chi connectivity index (χ1) is 7.65. The summed E-state index contributed by atoms with van der Waals surface area (Å²) in [6, 6.07) is 4.96. The summed E-state index contributed by atoms with van der Waals surface area (Å²) >= 11 is 0. The number of carbonyl (C=O) groups excluding carboxylic acids is 1. The molecule has 1 rings (SSSR count). The van der Waals surface area contributed by atoms with Crippen LogP contribution in [0.4, 0.5) is 10.5 Å². The van der Waals surface area contributed by atoms with E-state index in [1.54, 1.807) is 25.1 Å². The summed E-state index contributed by atoms with van der Waals surface area (Å²) in [5.41, 5.74) is 1.21. The number of amides is 1.